The average molecular weight is 268 g/mol. The van der Waals surface area contributed by atoms with Crippen molar-refractivity contribution in [1.29, 1.82) is 0 Å². The molecule has 2 aromatic rings. The molecule has 0 saturated carbocycles. The van der Waals surface area contributed by atoms with E-state index >= 15 is 0 Å². The van der Waals surface area contributed by atoms with Crippen LogP contribution in [0.25, 0.3) is 0 Å². The van der Waals surface area contributed by atoms with Gasteiger partial charge in [-0.05, 0) is 24.4 Å². The lowest BCUT2D eigenvalue weighted by atomic mass is 10.3. The van der Waals surface area contributed by atoms with E-state index in [-0.39, 0.29) is 6.61 Å². The molecule has 1 N–H and O–H groups in total. The molecule has 0 aliphatic heterocycles. The zero-order valence-corrected chi connectivity index (χ0v) is 10.8. The van der Waals surface area contributed by atoms with Gasteiger partial charge >= 0.3 is 0 Å². The molecule has 0 unspecified atom stereocenters. The number of hydrogen-bond donors (Lipinski definition) is 1. The molecule has 96 valence electrons. The highest BCUT2D eigenvalue weighted by atomic mass is 35.5. The molecule has 0 amide bonds. The topological polar surface area (TPSA) is 64.9 Å². The van der Waals surface area contributed by atoms with Crippen LogP contribution in [0, 0.1) is 0 Å². The van der Waals surface area contributed by atoms with E-state index in [1.165, 1.54) is 4.80 Å². The van der Waals surface area contributed by atoms with Gasteiger partial charge in [0.1, 0.15) is 5.75 Å². The summed E-state index contributed by atoms with van der Waals surface area (Å²) in [5.41, 5.74) is 0. The number of likely N-dealkylation sites (N-methyl/N-ethyl adjacent to an activating group) is 1. The second kappa shape index (κ2) is 6.32. The fourth-order valence-electron chi connectivity index (χ4n) is 1.34. The van der Waals surface area contributed by atoms with E-state index in [0.29, 0.717) is 23.1 Å². The molecule has 7 heteroatoms. The number of rotatable bonds is 6. The number of nitrogens with one attached hydrogen (secondary N) is 1. The molecule has 0 radical (unpaired) electrons. The van der Waals surface area contributed by atoms with Gasteiger partial charge in [-0.2, -0.15) is 4.80 Å². The number of hydrogen-bond acceptors (Lipinski definition) is 5. The summed E-state index contributed by atoms with van der Waals surface area (Å²) in [6, 6.07) is 7.28. The highest BCUT2D eigenvalue weighted by molar-refractivity contribution is 6.32. The van der Waals surface area contributed by atoms with E-state index in [0.717, 1.165) is 6.54 Å². The Balaban J connectivity index is 1.90. The largest absolute Gasteiger partial charge is 0.484 e. The fourth-order valence-corrected chi connectivity index (χ4v) is 1.54. The van der Waals surface area contributed by atoms with Gasteiger partial charge in [-0.1, -0.05) is 23.7 Å². The van der Waals surface area contributed by atoms with Crippen molar-refractivity contribution >= 4 is 11.6 Å². The van der Waals surface area contributed by atoms with Gasteiger partial charge in [0.15, 0.2) is 6.61 Å². The molecule has 0 fully saturated rings. The standard InChI is InChI=1S/C11H14ClN5O/c1-13-6-7-17-15-11(14-16-17)8-18-10-5-3-2-4-9(10)12/h2-5,13H,6-8H2,1H3. The first-order chi connectivity index (χ1) is 8.79. The molecule has 0 saturated heterocycles. The zero-order chi connectivity index (χ0) is 12.8. The Labute approximate surface area is 110 Å². The third kappa shape index (κ3) is 3.41. The summed E-state index contributed by atoms with van der Waals surface area (Å²) in [5.74, 6) is 1.15. The minimum absolute atomic E-state index is 0.253. The van der Waals surface area contributed by atoms with Gasteiger partial charge in [-0.3, -0.25) is 0 Å². The van der Waals surface area contributed by atoms with Crippen LogP contribution < -0.4 is 10.1 Å². The van der Waals surface area contributed by atoms with Crippen molar-refractivity contribution in [3.63, 3.8) is 0 Å². The summed E-state index contributed by atoms with van der Waals surface area (Å²) in [4.78, 5) is 1.53. The maximum absolute atomic E-state index is 5.97. The number of ether oxygens (including phenoxy) is 1. The quantitative estimate of drug-likeness (QED) is 0.850. The second-order valence-electron chi connectivity index (χ2n) is 3.62. The second-order valence-corrected chi connectivity index (χ2v) is 4.03. The van der Waals surface area contributed by atoms with Crippen LogP contribution in [0.15, 0.2) is 24.3 Å². The van der Waals surface area contributed by atoms with Gasteiger partial charge < -0.3 is 10.1 Å². The van der Waals surface area contributed by atoms with Gasteiger partial charge in [0.25, 0.3) is 0 Å². The van der Waals surface area contributed by atoms with E-state index in [9.17, 15) is 0 Å². The molecule has 0 bridgehead atoms. The Bertz CT molecular complexity index is 502. The first-order valence-electron chi connectivity index (χ1n) is 5.58. The first-order valence-corrected chi connectivity index (χ1v) is 5.96. The van der Waals surface area contributed by atoms with Crippen LogP contribution >= 0.6 is 11.6 Å². The Hall–Kier alpha value is -1.66. The number of tetrazole rings is 1. The highest BCUT2D eigenvalue weighted by Crippen LogP contribution is 2.23. The predicted molar refractivity (Wildman–Crippen MR) is 67.5 cm³/mol. The Kier molecular flexibility index (Phi) is 4.49. The van der Waals surface area contributed by atoms with Crippen molar-refractivity contribution in [3.05, 3.63) is 35.1 Å². The number of aromatic nitrogens is 4. The smallest absolute Gasteiger partial charge is 0.212 e. The van der Waals surface area contributed by atoms with Crippen molar-refractivity contribution in [1.82, 2.24) is 25.5 Å². The van der Waals surface area contributed by atoms with Crippen LogP contribution in [0.5, 0.6) is 5.75 Å². The monoisotopic (exact) mass is 267 g/mol. The summed E-state index contributed by atoms with van der Waals surface area (Å²) in [6.07, 6.45) is 0. The maximum atomic E-state index is 5.97. The van der Waals surface area contributed by atoms with Crippen molar-refractivity contribution in [2.24, 2.45) is 0 Å². The van der Waals surface area contributed by atoms with Gasteiger partial charge in [0.05, 0.1) is 11.6 Å². The molecular formula is C11H14ClN5O. The van der Waals surface area contributed by atoms with Gasteiger partial charge in [-0.25, -0.2) is 0 Å². The first kappa shape index (κ1) is 12.8. The molecule has 0 aliphatic rings. The van der Waals surface area contributed by atoms with Gasteiger partial charge in [-0.15, -0.1) is 10.2 Å². The molecule has 0 atom stereocenters. The SMILES string of the molecule is CNCCn1nnc(COc2ccccc2Cl)n1. The van der Waals surface area contributed by atoms with Gasteiger partial charge in [0.2, 0.25) is 5.82 Å². The van der Waals surface area contributed by atoms with E-state index in [4.69, 9.17) is 16.3 Å². The maximum Gasteiger partial charge on any atom is 0.212 e. The molecule has 2 rings (SSSR count). The van der Waals surface area contributed by atoms with Crippen LogP contribution in [0.3, 0.4) is 0 Å². The lowest BCUT2D eigenvalue weighted by Crippen LogP contribution is -2.16. The van der Waals surface area contributed by atoms with E-state index in [1.807, 2.05) is 19.2 Å². The molecular weight excluding hydrogens is 254 g/mol. The summed E-state index contributed by atoms with van der Waals surface area (Å²) in [5, 5.41) is 15.6. The van der Waals surface area contributed by atoms with Crippen molar-refractivity contribution in [3.8, 4) is 5.75 Å². The Morgan fingerprint density at radius 1 is 1.39 bits per heavy atom. The van der Waals surface area contributed by atoms with Crippen molar-refractivity contribution in [2.75, 3.05) is 13.6 Å². The van der Waals surface area contributed by atoms with Crippen LogP contribution in [0.4, 0.5) is 0 Å². The fraction of sp³-hybridized carbons (Fsp3) is 0.364. The summed E-state index contributed by atoms with van der Waals surface area (Å²) in [7, 11) is 1.87. The molecule has 0 aliphatic carbocycles. The average Bonchev–Trinajstić information content (AvgIpc) is 2.83. The molecule has 1 aromatic heterocycles. The molecule has 6 nitrogen and oxygen atoms in total. The summed E-state index contributed by atoms with van der Waals surface area (Å²) >= 11 is 5.97. The van der Waals surface area contributed by atoms with E-state index in [2.05, 4.69) is 20.7 Å². The normalized spacial score (nSPS) is 10.6. The lowest BCUT2D eigenvalue weighted by molar-refractivity contribution is 0.295. The van der Waals surface area contributed by atoms with E-state index < -0.39 is 0 Å². The van der Waals surface area contributed by atoms with Crippen LogP contribution in [-0.2, 0) is 13.2 Å². The predicted octanol–water partition coefficient (Wildman–Crippen LogP) is 1.12. The van der Waals surface area contributed by atoms with Crippen LogP contribution in [0.1, 0.15) is 5.82 Å². The number of benzene rings is 1. The molecule has 0 spiro atoms. The molecule has 1 aromatic carbocycles. The summed E-state index contributed by atoms with van der Waals surface area (Å²) < 4.78 is 5.51. The van der Waals surface area contributed by atoms with Crippen LogP contribution in [-0.4, -0.2) is 33.8 Å². The molecule has 18 heavy (non-hydrogen) atoms. The minimum atomic E-state index is 0.253. The van der Waals surface area contributed by atoms with E-state index in [1.54, 1.807) is 12.1 Å². The van der Waals surface area contributed by atoms with Crippen molar-refractivity contribution < 1.29 is 4.74 Å². The van der Waals surface area contributed by atoms with Crippen LogP contribution in [0.2, 0.25) is 5.02 Å². The highest BCUT2D eigenvalue weighted by Gasteiger charge is 2.05. The van der Waals surface area contributed by atoms with Crippen molar-refractivity contribution in [2.45, 2.75) is 13.2 Å². The van der Waals surface area contributed by atoms with Gasteiger partial charge in [0, 0.05) is 6.54 Å². The lowest BCUT2D eigenvalue weighted by Gasteiger charge is -2.04. The number of nitrogens with zero attached hydrogens (tertiary/aromatic N) is 4. The zero-order valence-electron chi connectivity index (χ0n) is 10.0. The Morgan fingerprint density at radius 2 is 2.22 bits per heavy atom. The molecule has 1 heterocycles. The summed E-state index contributed by atoms with van der Waals surface area (Å²) in [6.45, 7) is 1.72. The number of para-hydroxylation sites is 1. The third-order valence-electron chi connectivity index (χ3n) is 2.25. The Morgan fingerprint density at radius 3 is 3.00 bits per heavy atom. The number of halogens is 1. The minimum Gasteiger partial charge on any atom is -0.484 e. The third-order valence-corrected chi connectivity index (χ3v) is 2.56.